The maximum atomic E-state index is 12.1. The minimum atomic E-state index is -1.19. The molecule has 0 aromatic heterocycles. The number of unbranched alkanes of at least 4 members (excludes halogenated alkanes) is 3. The Kier molecular flexibility index (Phi) is 23.0. The summed E-state index contributed by atoms with van der Waals surface area (Å²) in [4.78, 5) is 57.5. The second-order valence-corrected chi connectivity index (χ2v) is 8.57. The molecule has 0 heterocycles. The number of nitrogens with one attached hydrogen (secondary N) is 2. The molecule has 220 valence electrons. The molecule has 0 aromatic carbocycles. The average Bonchev–Trinajstić information content (AvgIpc) is 2.87. The van der Waals surface area contributed by atoms with E-state index in [4.69, 9.17) is 24.1 Å². The van der Waals surface area contributed by atoms with E-state index in [0.717, 1.165) is 0 Å². The van der Waals surface area contributed by atoms with Crippen LogP contribution in [0.3, 0.4) is 0 Å². The van der Waals surface area contributed by atoms with Gasteiger partial charge >= 0.3 is 11.9 Å². The van der Waals surface area contributed by atoms with Crippen LogP contribution in [0.2, 0.25) is 0 Å². The topological polar surface area (TPSA) is 187 Å². The number of hydrogen-bond donors (Lipinski definition) is 4. The zero-order valence-corrected chi connectivity index (χ0v) is 22.4. The van der Waals surface area contributed by atoms with Crippen molar-refractivity contribution in [1.82, 2.24) is 10.6 Å². The lowest BCUT2D eigenvalue weighted by atomic mass is 10.1. The van der Waals surface area contributed by atoms with Crippen LogP contribution in [0.25, 0.3) is 0 Å². The summed E-state index contributed by atoms with van der Waals surface area (Å²) in [5.74, 6) is -2.82. The molecule has 38 heavy (non-hydrogen) atoms. The fraction of sp³-hybridized carbons (Fsp3) is 0.800. The van der Waals surface area contributed by atoms with Gasteiger partial charge in [-0.1, -0.05) is 12.8 Å². The van der Waals surface area contributed by atoms with Crippen LogP contribution < -0.4 is 10.6 Å². The smallest absolute Gasteiger partial charge is 0.326 e. The van der Waals surface area contributed by atoms with Gasteiger partial charge in [0, 0.05) is 45.9 Å². The summed E-state index contributed by atoms with van der Waals surface area (Å²) < 4.78 is 20.6. The number of rotatable bonds is 27. The third-order valence-corrected chi connectivity index (χ3v) is 5.24. The molecular weight excluding hydrogens is 504 g/mol. The molecular formula is C25H44N2O11. The Bertz CT molecular complexity index is 688. The van der Waals surface area contributed by atoms with Crippen molar-refractivity contribution in [2.24, 2.45) is 0 Å². The van der Waals surface area contributed by atoms with E-state index in [0.29, 0.717) is 65.1 Å². The molecule has 1 atom stereocenters. The van der Waals surface area contributed by atoms with Gasteiger partial charge in [-0.05, 0) is 25.7 Å². The summed E-state index contributed by atoms with van der Waals surface area (Å²) in [5, 5.41) is 23.0. The number of carboxylic acid groups (broad SMARTS) is 2. The number of Topliss-reactive ketones (excluding diaryl/α,β-unsaturated/α-hetero) is 1. The summed E-state index contributed by atoms with van der Waals surface area (Å²) >= 11 is 0. The van der Waals surface area contributed by atoms with Crippen LogP contribution in [0.15, 0.2) is 0 Å². The van der Waals surface area contributed by atoms with Crippen LogP contribution in [0.1, 0.15) is 64.2 Å². The van der Waals surface area contributed by atoms with Gasteiger partial charge in [0.1, 0.15) is 18.4 Å². The van der Waals surface area contributed by atoms with Gasteiger partial charge in [-0.2, -0.15) is 0 Å². The lowest BCUT2D eigenvalue weighted by molar-refractivity contribution is -0.142. The van der Waals surface area contributed by atoms with E-state index in [1.165, 1.54) is 0 Å². The molecule has 0 aliphatic rings. The van der Waals surface area contributed by atoms with Gasteiger partial charge in [0.05, 0.1) is 33.0 Å². The van der Waals surface area contributed by atoms with Crippen LogP contribution in [0, 0.1) is 0 Å². The van der Waals surface area contributed by atoms with Crippen LogP contribution >= 0.6 is 0 Å². The molecule has 4 N–H and O–H groups in total. The van der Waals surface area contributed by atoms with Crippen molar-refractivity contribution >= 4 is 29.5 Å². The number of amides is 2. The van der Waals surface area contributed by atoms with Crippen LogP contribution in [0.5, 0.6) is 0 Å². The first-order valence-corrected chi connectivity index (χ1v) is 13.0. The molecule has 13 nitrogen and oxygen atoms in total. The van der Waals surface area contributed by atoms with Crippen molar-refractivity contribution in [2.75, 3.05) is 59.9 Å². The predicted molar refractivity (Wildman–Crippen MR) is 136 cm³/mol. The maximum absolute atomic E-state index is 12.1. The van der Waals surface area contributed by atoms with E-state index in [9.17, 15) is 29.1 Å². The third kappa shape index (κ3) is 23.8. The van der Waals surface area contributed by atoms with E-state index in [2.05, 4.69) is 10.6 Å². The summed E-state index contributed by atoms with van der Waals surface area (Å²) in [6, 6.07) is -1.13. The lowest BCUT2D eigenvalue weighted by Gasteiger charge is -2.14. The van der Waals surface area contributed by atoms with Gasteiger partial charge in [0.15, 0.2) is 0 Å². The molecule has 0 rings (SSSR count). The second-order valence-electron chi connectivity index (χ2n) is 8.57. The zero-order valence-electron chi connectivity index (χ0n) is 22.4. The third-order valence-electron chi connectivity index (χ3n) is 5.24. The van der Waals surface area contributed by atoms with Gasteiger partial charge in [0.2, 0.25) is 11.8 Å². The number of hydrogen-bond acceptors (Lipinski definition) is 9. The number of methoxy groups -OCH3 is 1. The van der Waals surface area contributed by atoms with E-state index < -0.39 is 23.9 Å². The molecule has 0 aromatic rings. The molecule has 0 unspecified atom stereocenters. The van der Waals surface area contributed by atoms with E-state index in [1.807, 2.05) is 0 Å². The lowest BCUT2D eigenvalue weighted by Crippen LogP contribution is -2.41. The molecule has 0 bridgehead atoms. The summed E-state index contributed by atoms with van der Waals surface area (Å²) in [6.07, 6.45) is 3.44. The number of carbonyl (C=O) groups is 5. The fourth-order valence-electron chi connectivity index (χ4n) is 3.18. The molecule has 0 spiro atoms. The minimum Gasteiger partial charge on any atom is -0.481 e. The highest BCUT2D eigenvalue weighted by Gasteiger charge is 2.20. The molecule has 2 amide bonds. The quantitative estimate of drug-likeness (QED) is 0.107. The largest absolute Gasteiger partial charge is 0.481 e. The molecule has 0 aliphatic heterocycles. The molecule has 0 fully saturated rings. The van der Waals surface area contributed by atoms with Gasteiger partial charge in [-0.3, -0.25) is 19.2 Å². The summed E-state index contributed by atoms with van der Waals surface area (Å²) in [6.45, 7) is 2.47. The Morgan fingerprint density at radius 3 is 2.03 bits per heavy atom. The highest BCUT2D eigenvalue weighted by molar-refractivity contribution is 5.84. The fourth-order valence-corrected chi connectivity index (χ4v) is 3.18. The Hall–Kier alpha value is -2.61. The monoisotopic (exact) mass is 548 g/mol. The van der Waals surface area contributed by atoms with Crippen molar-refractivity contribution in [3.8, 4) is 0 Å². The van der Waals surface area contributed by atoms with Gasteiger partial charge in [-0.25, -0.2) is 4.79 Å². The Morgan fingerprint density at radius 1 is 0.684 bits per heavy atom. The number of aliphatic carboxylic acids is 2. The number of ketones is 1. The van der Waals surface area contributed by atoms with Gasteiger partial charge in [0.25, 0.3) is 0 Å². The molecule has 0 saturated carbocycles. The Morgan fingerprint density at radius 2 is 1.34 bits per heavy atom. The molecule has 0 saturated heterocycles. The summed E-state index contributed by atoms with van der Waals surface area (Å²) in [5.41, 5.74) is 0. The molecule has 13 heteroatoms. The highest BCUT2D eigenvalue weighted by atomic mass is 16.5. The molecule has 0 aliphatic carbocycles. The SMILES string of the molecule is COCCOCCNC(=O)COCCOCCCC(=O)CC[C@H](NC(=O)CCCCCCC(=O)O)C(=O)O. The van der Waals surface area contributed by atoms with Crippen molar-refractivity contribution in [1.29, 1.82) is 0 Å². The minimum absolute atomic E-state index is 0.00849. The Balaban J connectivity index is 3.75. The predicted octanol–water partition coefficient (Wildman–Crippen LogP) is 0.923. The van der Waals surface area contributed by atoms with Crippen molar-refractivity contribution in [3.05, 3.63) is 0 Å². The summed E-state index contributed by atoms with van der Waals surface area (Å²) in [7, 11) is 1.58. The van der Waals surface area contributed by atoms with Crippen LogP contribution in [-0.2, 0) is 42.9 Å². The number of carbonyl (C=O) groups excluding carboxylic acids is 3. The number of ether oxygens (including phenoxy) is 4. The standard InChI is InChI=1S/C25H44N2O11/c1-35-15-16-37-14-12-26-23(30)19-38-18-17-36-13-6-7-20(28)10-11-21(25(33)34)27-22(29)8-4-2-3-5-9-24(31)32/h21H,2-19H2,1H3,(H,26,30)(H,27,29)(H,31,32)(H,33,34)/t21-/m0/s1. The van der Waals surface area contributed by atoms with E-state index in [-0.39, 0.29) is 63.6 Å². The first-order valence-electron chi connectivity index (χ1n) is 13.0. The van der Waals surface area contributed by atoms with Crippen LogP contribution in [0.4, 0.5) is 0 Å². The maximum Gasteiger partial charge on any atom is 0.326 e. The number of carboxylic acids is 2. The van der Waals surface area contributed by atoms with Crippen molar-refractivity contribution in [3.63, 3.8) is 0 Å². The molecule has 0 radical (unpaired) electrons. The van der Waals surface area contributed by atoms with Gasteiger partial charge < -0.3 is 39.8 Å². The van der Waals surface area contributed by atoms with Gasteiger partial charge in [-0.15, -0.1) is 0 Å². The highest BCUT2D eigenvalue weighted by Crippen LogP contribution is 2.07. The average molecular weight is 549 g/mol. The van der Waals surface area contributed by atoms with E-state index in [1.54, 1.807) is 7.11 Å². The normalized spacial score (nSPS) is 11.6. The van der Waals surface area contributed by atoms with Crippen molar-refractivity contribution in [2.45, 2.75) is 70.3 Å². The van der Waals surface area contributed by atoms with E-state index >= 15 is 0 Å². The second kappa shape index (κ2) is 24.7. The first kappa shape index (κ1) is 35.4. The Labute approximate surface area is 223 Å². The first-order chi connectivity index (χ1) is 18.3. The van der Waals surface area contributed by atoms with Crippen LogP contribution in [-0.4, -0.2) is 106 Å². The zero-order chi connectivity index (χ0) is 28.4. The van der Waals surface area contributed by atoms with Crippen molar-refractivity contribution < 1.29 is 53.1 Å².